The van der Waals surface area contributed by atoms with Gasteiger partial charge < -0.3 is 19.3 Å². The highest BCUT2D eigenvalue weighted by molar-refractivity contribution is 6.07. The number of fused-ring (bicyclic) bond motifs is 1. The number of para-hydroxylation sites is 1. The smallest absolute Gasteiger partial charge is 0.256 e. The first-order valence-corrected chi connectivity index (χ1v) is 7.24. The number of nitrogens with zero attached hydrogens (tertiary/aromatic N) is 2. The summed E-state index contributed by atoms with van der Waals surface area (Å²) in [6.07, 6.45) is 0.964. The van der Waals surface area contributed by atoms with Crippen LogP contribution in [0.15, 0.2) is 30.5 Å². The molecule has 0 spiro atoms. The van der Waals surface area contributed by atoms with Crippen LogP contribution in [0, 0.1) is 0 Å². The third-order valence-electron chi connectivity index (χ3n) is 4.03. The van der Waals surface area contributed by atoms with Crippen LogP contribution in [-0.2, 0) is 11.8 Å². The number of benzene rings is 1. The molecule has 0 saturated carbocycles. The molecule has 2 atom stereocenters. The van der Waals surface area contributed by atoms with Crippen LogP contribution in [0.1, 0.15) is 17.3 Å². The number of hydrogen-bond donors (Lipinski definition) is 1. The summed E-state index contributed by atoms with van der Waals surface area (Å²) in [4.78, 5) is 14.4. The Labute approximate surface area is 123 Å². The lowest BCUT2D eigenvalue weighted by Crippen LogP contribution is -2.30. The van der Waals surface area contributed by atoms with Gasteiger partial charge in [-0.25, -0.2) is 0 Å². The number of aliphatic hydroxyl groups is 1. The molecule has 2 heterocycles. The fraction of sp³-hybridized carbons (Fsp3) is 0.438. The lowest BCUT2D eigenvalue weighted by molar-refractivity contribution is -0.00237. The topological polar surface area (TPSA) is 54.7 Å². The summed E-state index contributed by atoms with van der Waals surface area (Å²) in [6, 6.07) is 7.84. The van der Waals surface area contributed by atoms with Crippen molar-refractivity contribution in [3.63, 3.8) is 0 Å². The largest absolute Gasteiger partial charge is 0.388 e. The predicted molar refractivity (Wildman–Crippen MR) is 80.2 cm³/mol. The molecular weight excluding hydrogens is 268 g/mol. The summed E-state index contributed by atoms with van der Waals surface area (Å²) in [7, 11) is 1.93. The second-order valence-corrected chi connectivity index (χ2v) is 5.44. The minimum absolute atomic E-state index is 0.0481. The van der Waals surface area contributed by atoms with Gasteiger partial charge in [-0.3, -0.25) is 4.79 Å². The Balaban J connectivity index is 1.88. The molecule has 1 amide bonds. The van der Waals surface area contributed by atoms with Crippen molar-refractivity contribution in [1.29, 1.82) is 0 Å². The maximum Gasteiger partial charge on any atom is 0.256 e. The molecule has 3 rings (SSSR count). The molecule has 1 aromatic carbocycles. The number of ether oxygens (including phenoxy) is 1. The maximum absolute atomic E-state index is 12.7. The van der Waals surface area contributed by atoms with Crippen molar-refractivity contribution in [1.82, 2.24) is 9.47 Å². The molecule has 0 aliphatic carbocycles. The fourth-order valence-electron chi connectivity index (χ4n) is 2.98. The summed E-state index contributed by atoms with van der Waals surface area (Å²) in [5, 5.41) is 10.9. The Morgan fingerprint density at radius 3 is 2.90 bits per heavy atom. The van der Waals surface area contributed by atoms with Gasteiger partial charge in [0.15, 0.2) is 0 Å². The second kappa shape index (κ2) is 5.50. The zero-order valence-electron chi connectivity index (χ0n) is 12.3. The van der Waals surface area contributed by atoms with Gasteiger partial charge in [-0.2, -0.15) is 0 Å². The maximum atomic E-state index is 12.7. The Morgan fingerprint density at radius 2 is 2.14 bits per heavy atom. The average Bonchev–Trinajstić information content (AvgIpc) is 3.01. The number of rotatable bonds is 3. The van der Waals surface area contributed by atoms with Crippen LogP contribution in [0.2, 0.25) is 0 Å². The summed E-state index contributed by atoms with van der Waals surface area (Å²) in [6.45, 7) is 3.20. The van der Waals surface area contributed by atoms with Crippen LogP contribution in [0.5, 0.6) is 0 Å². The quantitative estimate of drug-likeness (QED) is 0.929. The normalized spacial score (nSPS) is 22.1. The van der Waals surface area contributed by atoms with Gasteiger partial charge in [-0.15, -0.1) is 0 Å². The van der Waals surface area contributed by atoms with E-state index in [0.717, 1.165) is 10.9 Å². The summed E-state index contributed by atoms with van der Waals surface area (Å²) >= 11 is 0. The number of hydrogen-bond acceptors (Lipinski definition) is 3. The molecule has 1 aromatic heterocycles. The number of amides is 1. The number of aryl methyl sites for hydroxylation is 1. The summed E-state index contributed by atoms with van der Waals surface area (Å²) in [5.74, 6) is -0.0481. The molecule has 5 heteroatoms. The Morgan fingerprint density at radius 1 is 1.38 bits per heavy atom. The van der Waals surface area contributed by atoms with Gasteiger partial charge in [0.1, 0.15) is 6.10 Å². The summed E-state index contributed by atoms with van der Waals surface area (Å²) < 4.78 is 7.43. The van der Waals surface area contributed by atoms with E-state index in [9.17, 15) is 9.90 Å². The van der Waals surface area contributed by atoms with Gasteiger partial charge in [-0.05, 0) is 13.0 Å². The van der Waals surface area contributed by atoms with Crippen molar-refractivity contribution < 1.29 is 14.6 Å². The average molecular weight is 288 g/mol. The van der Waals surface area contributed by atoms with E-state index in [1.807, 2.05) is 49.0 Å². The van der Waals surface area contributed by atoms with Gasteiger partial charge in [0.25, 0.3) is 5.91 Å². The molecule has 2 unspecified atom stereocenters. The molecule has 21 heavy (non-hydrogen) atoms. The third-order valence-corrected chi connectivity index (χ3v) is 4.03. The highest BCUT2D eigenvalue weighted by Gasteiger charge is 2.35. The van der Waals surface area contributed by atoms with Gasteiger partial charge in [0, 0.05) is 43.8 Å². The minimum atomic E-state index is -0.608. The number of carbonyl (C=O) groups is 1. The third kappa shape index (κ3) is 2.43. The number of aromatic nitrogens is 1. The van der Waals surface area contributed by atoms with Crippen LogP contribution < -0.4 is 0 Å². The number of carbonyl (C=O) groups excluding carboxylic acids is 1. The molecule has 5 nitrogen and oxygen atoms in total. The van der Waals surface area contributed by atoms with Crippen molar-refractivity contribution in [3.8, 4) is 0 Å². The molecule has 1 N–H and O–H groups in total. The van der Waals surface area contributed by atoms with E-state index in [-0.39, 0.29) is 12.0 Å². The number of likely N-dealkylation sites (tertiary alicyclic amines) is 1. The second-order valence-electron chi connectivity index (χ2n) is 5.44. The SMILES string of the molecule is CCOC1CN(C(=O)c2cn(C)c3ccccc23)CC1O. The van der Waals surface area contributed by atoms with Gasteiger partial charge in [0.2, 0.25) is 0 Å². The first-order valence-electron chi connectivity index (χ1n) is 7.24. The molecular formula is C16H20N2O3. The molecule has 0 bridgehead atoms. The molecule has 112 valence electrons. The van der Waals surface area contributed by atoms with E-state index < -0.39 is 6.10 Å². The van der Waals surface area contributed by atoms with Crippen molar-refractivity contribution in [2.75, 3.05) is 19.7 Å². The van der Waals surface area contributed by atoms with Crippen molar-refractivity contribution >= 4 is 16.8 Å². The summed E-state index contributed by atoms with van der Waals surface area (Å²) in [5.41, 5.74) is 1.71. The highest BCUT2D eigenvalue weighted by Crippen LogP contribution is 2.24. The molecule has 1 fully saturated rings. The van der Waals surface area contributed by atoms with Gasteiger partial charge >= 0.3 is 0 Å². The zero-order chi connectivity index (χ0) is 15.0. The predicted octanol–water partition coefficient (Wildman–Crippen LogP) is 1.40. The van der Waals surface area contributed by atoms with Crippen LogP contribution in [0.3, 0.4) is 0 Å². The van der Waals surface area contributed by atoms with E-state index >= 15 is 0 Å². The van der Waals surface area contributed by atoms with E-state index in [0.29, 0.717) is 25.3 Å². The molecule has 1 saturated heterocycles. The van der Waals surface area contributed by atoms with E-state index in [4.69, 9.17) is 4.74 Å². The molecule has 1 aliphatic rings. The molecule has 0 radical (unpaired) electrons. The van der Waals surface area contributed by atoms with Gasteiger partial charge in [-0.1, -0.05) is 18.2 Å². The monoisotopic (exact) mass is 288 g/mol. The Bertz CT molecular complexity index is 665. The van der Waals surface area contributed by atoms with Crippen molar-refractivity contribution in [2.45, 2.75) is 19.1 Å². The van der Waals surface area contributed by atoms with Crippen LogP contribution in [0.4, 0.5) is 0 Å². The lowest BCUT2D eigenvalue weighted by atomic mass is 10.1. The standard InChI is InChI=1S/C16H20N2O3/c1-3-21-15-10-18(9-14(15)19)16(20)12-8-17(2)13-7-5-4-6-11(12)13/h4-8,14-15,19H,3,9-10H2,1-2H3. The minimum Gasteiger partial charge on any atom is -0.388 e. The Kier molecular flexibility index (Phi) is 3.69. The van der Waals surface area contributed by atoms with E-state index in [1.165, 1.54) is 0 Å². The molecule has 1 aliphatic heterocycles. The van der Waals surface area contributed by atoms with Crippen molar-refractivity contribution in [2.24, 2.45) is 7.05 Å². The lowest BCUT2D eigenvalue weighted by Gasteiger charge is -2.15. The van der Waals surface area contributed by atoms with E-state index in [1.54, 1.807) is 4.90 Å². The number of aliphatic hydroxyl groups excluding tert-OH is 1. The number of β-amino-alcohol motifs (C(OH)–C–C–N with tert-alkyl or cyclic N) is 1. The highest BCUT2D eigenvalue weighted by atomic mass is 16.5. The first kappa shape index (κ1) is 14.1. The molecule has 2 aromatic rings. The zero-order valence-corrected chi connectivity index (χ0v) is 12.3. The van der Waals surface area contributed by atoms with Crippen LogP contribution in [0.25, 0.3) is 10.9 Å². The first-order chi connectivity index (χ1) is 10.1. The van der Waals surface area contributed by atoms with E-state index in [2.05, 4.69) is 0 Å². The van der Waals surface area contributed by atoms with Crippen LogP contribution >= 0.6 is 0 Å². The van der Waals surface area contributed by atoms with Gasteiger partial charge in [0.05, 0.1) is 11.7 Å². The Hall–Kier alpha value is -1.85. The van der Waals surface area contributed by atoms with Crippen molar-refractivity contribution in [3.05, 3.63) is 36.0 Å². The fourth-order valence-corrected chi connectivity index (χ4v) is 2.98. The van der Waals surface area contributed by atoms with Crippen LogP contribution in [-0.4, -0.2) is 52.4 Å².